The minimum atomic E-state index is -2.73. The molecule has 0 bridgehead atoms. The predicted octanol–water partition coefficient (Wildman–Crippen LogP) is 30.0. The number of aromatic nitrogens is 5. The Bertz CT molecular complexity index is 9760. The molecule has 3 unspecified atom stereocenters. The van der Waals surface area contributed by atoms with Crippen LogP contribution >= 0.6 is 0 Å². The molecular weight excluding hydrogens is 1720 g/mol. The summed E-state index contributed by atoms with van der Waals surface area (Å²) in [6, 6.07) is 61.1. The number of hydrogen-bond acceptors (Lipinski definition) is 10. The molecule has 0 aliphatic rings. The van der Waals surface area contributed by atoms with Crippen LogP contribution in [-0.4, -0.2) is 0 Å². The molecule has 700 valence electrons. The molecule has 3 atom stereocenters. The molecule has 140 heavy (non-hydrogen) atoms. The van der Waals surface area contributed by atoms with Crippen LogP contribution in [0.25, 0.3) is 166 Å². The Balaban J connectivity index is 0.000000139. The average molecular weight is 1870 g/mol. The quantitative estimate of drug-likeness (QED) is 0.118. The normalized spacial score (nSPS) is 15.0. The van der Waals surface area contributed by atoms with Crippen molar-refractivity contribution in [1.82, 2.24) is 0 Å². The van der Waals surface area contributed by atoms with Crippen LogP contribution in [0.2, 0.25) is 0 Å². The van der Waals surface area contributed by atoms with Gasteiger partial charge in [0.2, 0.25) is 28.5 Å². The largest absolute Gasteiger partial charge is 0.455 e. The molecule has 0 amide bonds. The van der Waals surface area contributed by atoms with E-state index in [-0.39, 0.29) is 29.7 Å². The van der Waals surface area contributed by atoms with Crippen LogP contribution in [0.3, 0.4) is 0 Å². The highest BCUT2D eigenvalue weighted by Gasteiger charge is 2.33. The SMILES string of the molecule is [2H]C(C)(C)c1cc(C)[n+](C)c(-c2c(C)ccc3c2oc2cc(C)cc(C#N)c23)c1.[2H]C([2H])([2H])C([2H])(C)c1cc(C)[n+](C)c(-c2c(C)ccc3c2oc2c(C)ccc(C#N)c23)c1.[2H]C([2H])([2H])C([2H])(C)c1cc(C)[n+](C)c(-c2c(C)ccc3c2oc2cc(C)cc(C#N)c23)c1.[2H]c1c(C([2H])(C)C([2H])([2H])[2H])c([2H])c(-c2c(C)ccc3c2oc2c(C)ccc(C#N)c23)[n+](C)c1C.[2H]c1c(C([2H])(C)C)c([2H])c(-c2c(C)ccc3c2oc2cc(C)cc(C#N)c23)[n+](C)c1C. The van der Waals surface area contributed by atoms with Crippen LogP contribution in [0.5, 0.6) is 0 Å². The number of nitrogens with zero attached hydrogens (tertiary/aromatic N) is 10. The third-order valence-electron chi connectivity index (χ3n) is 27.2. The van der Waals surface area contributed by atoms with Crippen molar-refractivity contribution in [2.45, 2.75) is 202 Å². The highest BCUT2D eigenvalue weighted by atomic mass is 16.3. The molecule has 0 spiro atoms. The van der Waals surface area contributed by atoms with Crippen molar-refractivity contribution >= 4 is 110 Å². The van der Waals surface area contributed by atoms with E-state index < -0.39 is 50.0 Å². The fourth-order valence-electron chi connectivity index (χ4n) is 19.0. The van der Waals surface area contributed by atoms with Gasteiger partial charge >= 0.3 is 0 Å². The number of furan rings is 5. The van der Waals surface area contributed by atoms with Crippen LogP contribution in [0.1, 0.15) is 263 Å². The van der Waals surface area contributed by atoms with E-state index in [1.165, 1.54) is 20.8 Å². The number of nitriles is 5. The number of pyridine rings is 5. The van der Waals surface area contributed by atoms with E-state index in [0.29, 0.717) is 128 Å². The summed E-state index contributed by atoms with van der Waals surface area (Å²) in [7, 11) is 9.42. The van der Waals surface area contributed by atoms with E-state index >= 15 is 0 Å². The fourth-order valence-corrected chi connectivity index (χ4v) is 19.0. The molecule has 0 saturated carbocycles. The molecular formula is C125H125N10O5+5. The van der Waals surface area contributed by atoms with E-state index in [1.54, 1.807) is 68.8 Å². The first-order chi connectivity index (χ1) is 73.6. The zero-order valence-corrected chi connectivity index (χ0v) is 84.5. The fraction of sp³-hybridized carbons (Fsp3) is 0.280. The first kappa shape index (κ1) is 76.5. The number of hydrogen-bond donors (Lipinski definition) is 0. The zero-order valence-electron chi connectivity index (χ0n) is 103. The standard InChI is InChI=1S/5C25H25N2O/c2*1-14(2)19-11-17(5)27(6)21(12-19)22-15(3)8-10-20-23-18(13-26)9-7-16(4)24(23)28-25(20)22;3*1-14(2)18-11-17(5)27(6)21(12-18)23-16(4)7-8-20-24-19(13-26)9-15(3)10-22(24)28-25(20)23/h5*7-12,14H,1-6H3/q5*+1/i1D3,11D,12D,14D;1D3,14D;11D,12D,14D;1D3,14D;14D. The summed E-state index contributed by atoms with van der Waals surface area (Å²) < 4.78 is 190. The molecule has 10 heterocycles. The van der Waals surface area contributed by atoms with Crippen molar-refractivity contribution in [3.63, 3.8) is 0 Å². The molecule has 20 aromatic rings. The van der Waals surface area contributed by atoms with Gasteiger partial charge in [-0.25, -0.2) is 0 Å². The molecule has 0 aliphatic heterocycles. The second-order valence-corrected chi connectivity index (χ2v) is 37.7. The molecule has 0 aliphatic carbocycles. The van der Waals surface area contributed by atoms with Crippen LogP contribution in [0, 0.1) is 161 Å². The van der Waals surface area contributed by atoms with E-state index in [1.807, 2.05) is 242 Å². The predicted molar refractivity (Wildman–Crippen MR) is 567 cm³/mol. The Morgan fingerprint density at radius 1 is 0.250 bits per heavy atom. The maximum absolute atomic E-state index is 9.69. The van der Waals surface area contributed by atoms with Gasteiger partial charge in [0.25, 0.3) is 0 Å². The lowest BCUT2D eigenvalue weighted by Crippen LogP contribution is -2.35. The smallest absolute Gasteiger partial charge is 0.216 e. The van der Waals surface area contributed by atoms with Gasteiger partial charge in [0.05, 0.1) is 91.5 Å². The summed E-state index contributed by atoms with van der Waals surface area (Å²) in [6.07, 6.45) is 0. The molecule has 10 aromatic carbocycles. The summed E-state index contributed by atoms with van der Waals surface area (Å²) >= 11 is 0. The maximum atomic E-state index is 9.69. The highest BCUT2D eigenvalue weighted by molar-refractivity contribution is 6.17. The van der Waals surface area contributed by atoms with Gasteiger partial charge in [0, 0.05) is 168 Å². The number of aryl methyl sites for hydroxylation is 13. The van der Waals surface area contributed by atoms with E-state index in [0.717, 1.165) is 172 Å². The van der Waals surface area contributed by atoms with E-state index in [2.05, 4.69) is 67.0 Å². The van der Waals surface area contributed by atoms with Crippen LogP contribution < -0.4 is 22.8 Å². The first-order valence-electron chi connectivity index (χ1n) is 55.4. The Hall–Kier alpha value is -15.6. The summed E-state index contributed by atoms with van der Waals surface area (Å²) in [6.45, 7) is 32.5. The lowest BCUT2D eigenvalue weighted by Gasteiger charge is -2.11. The first-order valence-corrected chi connectivity index (χ1v) is 46.4. The Labute approximate surface area is 847 Å². The van der Waals surface area contributed by atoms with Gasteiger partial charge in [-0.2, -0.15) is 49.1 Å². The number of rotatable bonds is 10. The Morgan fingerprint density at radius 2 is 0.493 bits per heavy atom. The van der Waals surface area contributed by atoms with Gasteiger partial charge in [-0.05, 0) is 231 Å². The van der Waals surface area contributed by atoms with Gasteiger partial charge in [-0.15, -0.1) is 0 Å². The highest BCUT2D eigenvalue weighted by Crippen LogP contribution is 2.47. The zero-order chi connectivity index (χ0) is 116. The second-order valence-electron chi connectivity index (χ2n) is 37.7. The van der Waals surface area contributed by atoms with Crippen molar-refractivity contribution < 1.29 is 69.6 Å². The van der Waals surface area contributed by atoms with Gasteiger partial charge in [-0.3, -0.25) is 0 Å². The summed E-state index contributed by atoms with van der Waals surface area (Å²) in [5.74, 6) is -7.48. The van der Waals surface area contributed by atoms with Crippen molar-refractivity contribution in [3.05, 3.63) is 322 Å². The Kier molecular flexibility index (Phi) is 21.0. The van der Waals surface area contributed by atoms with Gasteiger partial charge < -0.3 is 22.1 Å². The summed E-state index contributed by atoms with van der Waals surface area (Å²) in [5, 5.41) is 56.4. The van der Waals surface area contributed by atoms with Crippen LogP contribution in [0.4, 0.5) is 0 Å². The van der Waals surface area contributed by atoms with Crippen LogP contribution in [-0.2, 0) is 35.2 Å². The minimum Gasteiger partial charge on any atom is -0.455 e. The Morgan fingerprint density at radius 3 is 0.771 bits per heavy atom. The van der Waals surface area contributed by atoms with Gasteiger partial charge in [-0.1, -0.05) is 142 Å². The molecule has 20 rings (SSSR count). The molecule has 0 radical (unpaired) electrons. The van der Waals surface area contributed by atoms with Crippen molar-refractivity contribution in [3.8, 4) is 86.6 Å². The minimum absolute atomic E-state index is 0.137. The number of benzene rings is 10. The molecule has 10 aromatic heterocycles. The molecule has 15 nitrogen and oxygen atoms in total. The molecule has 0 saturated heterocycles. The third kappa shape index (κ3) is 17.5. The third-order valence-corrected chi connectivity index (χ3v) is 27.2. The van der Waals surface area contributed by atoms with Crippen molar-refractivity contribution in [2.75, 3.05) is 0 Å². The maximum Gasteiger partial charge on any atom is 0.216 e. The topological polar surface area (TPSA) is 204 Å². The lowest BCUT2D eigenvalue weighted by atomic mass is 9.95. The second kappa shape index (κ2) is 38.4. The molecule has 15 heteroatoms. The van der Waals surface area contributed by atoms with Crippen LogP contribution in [0.15, 0.2) is 204 Å². The van der Waals surface area contributed by atoms with Gasteiger partial charge in [0.1, 0.15) is 91.1 Å². The summed E-state index contributed by atoms with van der Waals surface area (Å²) in [5.41, 5.74) is 32.1. The van der Waals surface area contributed by atoms with Crippen molar-refractivity contribution in [2.24, 2.45) is 35.2 Å². The number of fused-ring (bicyclic) bond motifs is 15. The van der Waals surface area contributed by atoms with E-state index in [9.17, 15) is 26.3 Å². The van der Waals surface area contributed by atoms with E-state index in [4.69, 9.17) is 46.8 Å². The monoisotopic (exact) mass is 1860 g/mol. The lowest BCUT2D eigenvalue weighted by molar-refractivity contribution is -0.666. The average Bonchev–Trinajstić information content (AvgIpc) is 1.77. The molecule has 0 N–H and O–H groups in total. The summed E-state index contributed by atoms with van der Waals surface area (Å²) in [4.78, 5) is 0. The van der Waals surface area contributed by atoms with Crippen molar-refractivity contribution in [1.29, 1.82) is 26.3 Å². The molecule has 0 fully saturated rings. The van der Waals surface area contributed by atoms with Gasteiger partial charge in [0.15, 0.2) is 28.5 Å².